The maximum atomic E-state index is 13.1. The molecule has 0 radical (unpaired) electrons. The van der Waals surface area contributed by atoms with Crippen molar-refractivity contribution < 1.29 is 13.9 Å². The molecule has 2 aliphatic rings. The standard InChI is InChI=1S/C23H29FN4O2/c1-2-11-28-21-8-7-19(25-10-9-17-3-5-18(24)6-4-17)16-20(21)22(26-28)23(29)27-12-14-30-15-13-27/h2-6,19,25H,1,7-16H2/t19-/m1/s1. The molecule has 4 rings (SSSR count). The number of hydrogen-bond acceptors (Lipinski definition) is 4. The van der Waals surface area contributed by atoms with Gasteiger partial charge in [-0.05, 0) is 49.9 Å². The molecule has 1 aliphatic carbocycles. The summed E-state index contributed by atoms with van der Waals surface area (Å²) in [6.45, 7) is 7.64. The van der Waals surface area contributed by atoms with Gasteiger partial charge in [0.05, 0.1) is 19.8 Å². The molecule has 0 saturated carbocycles. The first-order valence-electron chi connectivity index (χ1n) is 10.7. The Bertz CT molecular complexity index is 887. The molecule has 160 valence electrons. The molecule has 0 bridgehead atoms. The highest BCUT2D eigenvalue weighted by Crippen LogP contribution is 2.26. The summed E-state index contributed by atoms with van der Waals surface area (Å²) < 4.78 is 20.4. The summed E-state index contributed by atoms with van der Waals surface area (Å²) in [5.74, 6) is -0.204. The van der Waals surface area contributed by atoms with Gasteiger partial charge in [0.25, 0.3) is 5.91 Å². The van der Waals surface area contributed by atoms with Gasteiger partial charge in [0.15, 0.2) is 5.69 Å². The van der Waals surface area contributed by atoms with E-state index in [2.05, 4.69) is 17.0 Å². The maximum absolute atomic E-state index is 13.1. The van der Waals surface area contributed by atoms with Crippen LogP contribution in [0.1, 0.15) is 33.7 Å². The Morgan fingerprint density at radius 2 is 2.07 bits per heavy atom. The molecular weight excluding hydrogens is 383 g/mol. The van der Waals surface area contributed by atoms with Crippen molar-refractivity contribution in [2.24, 2.45) is 0 Å². The lowest BCUT2D eigenvalue weighted by molar-refractivity contribution is 0.0297. The number of fused-ring (bicyclic) bond motifs is 1. The first kappa shape index (κ1) is 20.8. The fourth-order valence-electron chi connectivity index (χ4n) is 4.30. The normalized spacial score (nSPS) is 18.8. The molecule has 7 heteroatoms. The van der Waals surface area contributed by atoms with Crippen LogP contribution in [0.4, 0.5) is 4.39 Å². The number of allylic oxidation sites excluding steroid dienone is 1. The third kappa shape index (κ3) is 4.63. The Morgan fingerprint density at radius 1 is 1.30 bits per heavy atom. The van der Waals surface area contributed by atoms with Crippen LogP contribution in [0.2, 0.25) is 0 Å². The van der Waals surface area contributed by atoms with Crippen molar-refractivity contribution in [1.29, 1.82) is 0 Å². The first-order chi connectivity index (χ1) is 14.7. The van der Waals surface area contributed by atoms with Crippen molar-refractivity contribution in [1.82, 2.24) is 20.0 Å². The van der Waals surface area contributed by atoms with Gasteiger partial charge in [-0.1, -0.05) is 18.2 Å². The molecule has 2 heterocycles. The van der Waals surface area contributed by atoms with Crippen LogP contribution in [0.5, 0.6) is 0 Å². The third-order valence-electron chi connectivity index (χ3n) is 5.91. The van der Waals surface area contributed by atoms with E-state index in [9.17, 15) is 9.18 Å². The second-order valence-corrected chi connectivity index (χ2v) is 7.92. The van der Waals surface area contributed by atoms with E-state index >= 15 is 0 Å². The van der Waals surface area contributed by atoms with Crippen molar-refractivity contribution in [2.75, 3.05) is 32.8 Å². The molecule has 0 spiro atoms. The summed E-state index contributed by atoms with van der Waals surface area (Å²) in [4.78, 5) is 15.0. The minimum atomic E-state index is -0.208. The number of morpholine rings is 1. The van der Waals surface area contributed by atoms with Gasteiger partial charge in [-0.25, -0.2) is 4.39 Å². The van der Waals surface area contributed by atoms with Gasteiger partial charge in [-0.3, -0.25) is 9.48 Å². The minimum absolute atomic E-state index is 0.00400. The van der Waals surface area contributed by atoms with Crippen molar-refractivity contribution in [3.63, 3.8) is 0 Å². The highest BCUT2D eigenvalue weighted by Gasteiger charge is 2.31. The number of aromatic nitrogens is 2. The van der Waals surface area contributed by atoms with Crippen LogP contribution in [0.15, 0.2) is 36.9 Å². The van der Waals surface area contributed by atoms with E-state index in [1.54, 1.807) is 0 Å². The molecule has 1 aromatic heterocycles. The molecule has 0 unspecified atom stereocenters. The molecule has 1 amide bonds. The van der Waals surface area contributed by atoms with Crippen molar-refractivity contribution in [2.45, 2.75) is 38.3 Å². The van der Waals surface area contributed by atoms with Crippen LogP contribution in [0.25, 0.3) is 0 Å². The number of ether oxygens (including phenoxy) is 1. The van der Waals surface area contributed by atoms with Crippen molar-refractivity contribution >= 4 is 5.91 Å². The maximum Gasteiger partial charge on any atom is 0.274 e. The van der Waals surface area contributed by atoms with E-state index < -0.39 is 0 Å². The van der Waals surface area contributed by atoms with E-state index in [0.29, 0.717) is 44.6 Å². The lowest BCUT2D eigenvalue weighted by Gasteiger charge is -2.28. The summed E-state index contributed by atoms with van der Waals surface area (Å²) >= 11 is 0. The second kappa shape index (κ2) is 9.53. The molecule has 1 aliphatic heterocycles. The Morgan fingerprint density at radius 3 is 2.80 bits per heavy atom. The SMILES string of the molecule is C=CCn1nc(C(=O)N2CCOCC2)c2c1CC[C@@H](NCCc1ccc(F)cc1)C2. The Kier molecular flexibility index (Phi) is 6.59. The fourth-order valence-corrected chi connectivity index (χ4v) is 4.30. The number of hydrogen-bond donors (Lipinski definition) is 1. The van der Waals surface area contributed by atoms with Crippen LogP contribution < -0.4 is 5.32 Å². The average Bonchev–Trinajstić information content (AvgIpc) is 3.13. The summed E-state index contributed by atoms with van der Waals surface area (Å²) in [6, 6.07) is 6.96. The molecule has 1 saturated heterocycles. The summed E-state index contributed by atoms with van der Waals surface area (Å²) in [5.41, 5.74) is 3.92. The molecule has 6 nitrogen and oxygen atoms in total. The fraction of sp³-hybridized carbons (Fsp3) is 0.478. The molecule has 1 atom stereocenters. The molecule has 1 aromatic carbocycles. The Balaban J connectivity index is 1.44. The number of nitrogens with one attached hydrogen (secondary N) is 1. The van der Waals surface area contributed by atoms with Gasteiger partial charge < -0.3 is 15.0 Å². The summed E-state index contributed by atoms with van der Waals surface area (Å²) in [5, 5.41) is 8.29. The van der Waals surface area contributed by atoms with Gasteiger partial charge >= 0.3 is 0 Å². The minimum Gasteiger partial charge on any atom is -0.378 e. The van der Waals surface area contributed by atoms with Crippen molar-refractivity contribution in [3.05, 3.63) is 65.3 Å². The number of rotatable bonds is 7. The second-order valence-electron chi connectivity index (χ2n) is 7.92. The average molecular weight is 413 g/mol. The number of halogens is 1. The number of carbonyl (C=O) groups excluding carboxylic acids is 1. The zero-order valence-corrected chi connectivity index (χ0v) is 17.3. The molecule has 30 heavy (non-hydrogen) atoms. The van der Waals surface area contributed by atoms with Crippen LogP contribution in [0, 0.1) is 5.82 Å². The van der Waals surface area contributed by atoms with Gasteiger partial charge in [-0.2, -0.15) is 5.10 Å². The molecule has 1 fully saturated rings. The quantitative estimate of drug-likeness (QED) is 0.710. The molecule has 2 aromatic rings. The largest absolute Gasteiger partial charge is 0.378 e. The Hall–Kier alpha value is -2.51. The highest BCUT2D eigenvalue weighted by molar-refractivity contribution is 5.94. The molecular formula is C23H29FN4O2. The zero-order chi connectivity index (χ0) is 20.9. The smallest absolute Gasteiger partial charge is 0.274 e. The van der Waals surface area contributed by atoms with Crippen LogP contribution >= 0.6 is 0 Å². The van der Waals surface area contributed by atoms with E-state index in [1.807, 2.05) is 27.8 Å². The highest BCUT2D eigenvalue weighted by atomic mass is 19.1. The van der Waals surface area contributed by atoms with Crippen LogP contribution in [-0.4, -0.2) is 59.5 Å². The van der Waals surface area contributed by atoms with E-state index in [-0.39, 0.29) is 11.7 Å². The van der Waals surface area contributed by atoms with Crippen molar-refractivity contribution in [3.8, 4) is 0 Å². The number of benzene rings is 1. The van der Waals surface area contributed by atoms with Gasteiger partial charge in [0.1, 0.15) is 5.82 Å². The summed E-state index contributed by atoms with van der Waals surface area (Å²) in [7, 11) is 0. The third-order valence-corrected chi connectivity index (χ3v) is 5.91. The topological polar surface area (TPSA) is 59.4 Å². The van der Waals surface area contributed by atoms with E-state index in [4.69, 9.17) is 4.74 Å². The number of nitrogens with zero attached hydrogens (tertiary/aromatic N) is 3. The van der Waals surface area contributed by atoms with E-state index in [1.165, 1.54) is 12.1 Å². The predicted octanol–water partition coefficient (Wildman–Crippen LogP) is 2.37. The monoisotopic (exact) mass is 412 g/mol. The van der Waals surface area contributed by atoms with Crippen LogP contribution in [-0.2, 0) is 30.5 Å². The zero-order valence-electron chi connectivity index (χ0n) is 17.3. The van der Waals surface area contributed by atoms with Gasteiger partial charge in [0, 0.05) is 30.4 Å². The predicted molar refractivity (Wildman–Crippen MR) is 113 cm³/mol. The summed E-state index contributed by atoms with van der Waals surface area (Å²) in [6.07, 6.45) is 5.36. The van der Waals surface area contributed by atoms with Gasteiger partial charge in [0.2, 0.25) is 0 Å². The Labute approximate surface area is 176 Å². The molecule has 1 N–H and O–H groups in total. The first-order valence-corrected chi connectivity index (χ1v) is 10.7. The lowest BCUT2D eigenvalue weighted by atomic mass is 9.91. The lowest BCUT2D eigenvalue weighted by Crippen LogP contribution is -2.42. The van der Waals surface area contributed by atoms with E-state index in [0.717, 1.165) is 49.0 Å². The number of carbonyl (C=O) groups is 1. The number of amides is 1. The van der Waals surface area contributed by atoms with Gasteiger partial charge in [-0.15, -0.1) is 6.58 Å². The van der Waals surface area contributed by atoms with Crippen LogP contribution in [0.3, 0.4) is 0 Å².